The van der Waals surface area contributed by atoms with Crippen LogP contribution in [0.15, 0.2) is 29.3 Å². The van der Waals surface area contributed by atoms with Crippen LogP contribution in [-0.4, -0.2) is 44.6 Å². The van der Waals surface area contributed by atoms with E-state index in [1.807, 2.05) is 38.1 Å². The van der Waals surface area contributed by atoms with Crippen LogP contribution < -0.4 is 11.1 Å². The monoisotopic (exact) mass is 440 g/mol. The molecule has 1 aromatic carbocycles. The molecule has 0 aliphatic carbocycles. The molecule has 0 aliphatic rings. The standard InChI is InChI=1S/C14H24N4O2S.HI/c1-4-18(21(3,19)20)10-6-9-16-14(15)17-13-8-5-7-12(2)11-13;/h5,7-8,11H,4,6,9-10H2,1-3H3,(H3,15,16,17);1H. The lowest BCUT2D eigenvalue weighted by Gasteiger charge is -2.16. The number of guanidine groups is 1. The Labute approximate surface area is 150 Å². The number of nitrogens with one attached hydrogen (secondary N) is 1. The molecule has 0 fully saturated rings. The Kier molecular flexibility index (Phi) is 9.61. The lowest BCUT2D eigenvalue weighted by molar-refractivity contribution is 0.427. The maximum atomic E-state index is 11.4. The maximum absolute atomic E-state index is 11.4. The van der Waals surface area contributed by atoms with Crippen LogP contribution in [0.25, 0.3) is 0 Å². The summed E-state index contributed by atoms with van der Waals surface area (Å²) < 4.78 is 24.3. The van der Waals surface area contributed by atoms with Crippen molar-refractivity contribution in [3.8, 4) is 0 Å². The van der Waals surface area contributed by atoms with Gasteiger partial charge in [-0.2, -0.15) is 0 Å². The van der Waals surface area contributed by atoms with E-state index in [-0.39, 0.29) is 24.0 Å². The second kappa shape index (κ2) is 10.0. The van der Waals surface area contributed by atoms with Crippen LogP contribution >= 0.6 is 24.0 Å². The molecule has 0 aromatic heterocycles. The Morgan fingerprint density at radius 2 is 2.09 bits per heavy atom. The van der Waals surface area contributed by atoms with Gasteiger partial charge in [-0.3, -0.25) is 4.99 Å². The van der Waals surface area contributed by atoms with E-state index in [0.717, 1.165) is 11.3 Å². The largest absolute Gasteiger partial charge is 0.370 e. The molecule has 0 saturated carbocycles. The van der Waals surface area contributed by atoms with Gasteiger partial charge >= 0.3 is 0 Å². The van der Waals surface area contributed by atoms with E-state index in [9.17, 15) is 8.42 Å². The molecule has 0 amide bonds. The van der Waals surface area contributed by atoms with E-state index >= 15 is 0 Å². The Balaban J connectivity index is 0.00000441. The predicted molar refractivity (Wildman–Crippen MR) is 103 cm³/mol. The first kappa shape index (κ1) is 21.1. The van der Waals surface area contributed by atoms with Crippen LogP contribution in [0.4, 0.5) is 5.69 Å². The topological polar surface area (TPSA) is 87.8 Å². The summed E-state index contributed by atoms with van der Waals surface area (Å²) in [7, 11) is -3.13. The zero-order valence-corrected chi connectivity index (χ0v) is 16.4. The van der Waals surface area contributed by atoms with Gasteiger partial charge in [-0.05, 0) is 31.0 Å². The van der Waals surface area contributed by atoms with E-state index in [0.29, 0.717) is 32.0 Å². The zero-order valence-electron chi connectivity index (χ0n) is 13.2. The third kappa shape index (κ3) is 7.95. The number of sulfonamides is 1. The summed E-state index contributed by atoms with van der Waals surface area (Å²) in [5.41, 5.74) is 7.83. The van der Waals surface area contributed by atoms with Crippen molar-refractivity contribution >= 4 is 45.6 Å². The smallest absolute Gasteiger partial charge is 0.211 e. The number of hydrogen-bond donors (Lipinski definition) is 2. The van der Waals surface area contributed by atoms with Crippen molar-refractivity contribution in [1.29, 1.82) is 0 Å². The Bertz CT molecular complexity index is 590. The zero-order chi connectivity index (χ0) is 15.9. The van der Waals surface area contributed by atoms with Crippen molar-refractivity contribution in [3.05, 3.63) is 29.8 Å². The Morgan fingerprint density at radius 3 is 2.64 bits per heavy atom. The molecule has 22 heavy (non-hydrogen) atoms. The normalized spacial score (nSPS) is 12.1. The van der Waals surface area contributed by atoms with Crippen molar-refractivity contribution < 1.29 is 8.42 Å². The van der Waals surface area contributed by atoms with Crippen LogP contribution in [0.3, 0.4) is 0 Å². The number of nitrogens with two attached hydrogens (primary N) is 1. The number of benzene rings is 1. The fourth-order valence-electron chi connectivity index (χ4n) is 1.92. The quantitative estimate of drug-likeness (QED) is 0.294. The van der Waals surface area contributed by atoms with Gasteiger partial charge in [0.05, 0.1) is 6.26 Å². The molecule has 0 saturated heterocycles. The van der Waals surface area contributed by atoms with E-state index in [2.05, 4.69) is 10.3 Å². The fourth-order valence-corrected chi connectivity index (χ4v) is 2.85. The predicted octanol–water partition coefficient (Wildman–Crippen LogP) is 2.01. The molecule has 3 N–H and O–H groups in total. The molecule has 0 atom stereocenters. The van der Waals surface area contributed by atoms with E-state index in [1.54, 1.807) is 0 Å². The number of hydrogen-bond acceptors (Lipinski definition) is 3. The highest BCUT2D eigenvalue weighted by atomic mass is 127. The van der Waals surface area contributed by atoms with E-state index in [1.165, 1.54) is 10.6 Å². The number of aryl methyl sites for hydroxylation is 1. The summed E-state index contributed by atoms with van der Waals surface area (Å²) in [5, 5.41) is 3.01. The summed E-state index contributed by atoms with van der Waals surface area (Å²) in [5.74, 6) is 0.336. The molecular weight excluding hydrogens is 415 g/mol. The number of aliphatic imine (C=N–C) groups is 1. The lowest BCUT2D eigenvalue weighted by Crippen LogP contribution is -2.31. The van der Waals surface area contributed by atoms with Crippen LogP contribution in [0, 0.1) is 6.92 Å². The molecule has 126 valence electrons. The number of rotatable bonds is 7. The van der Waals surface area contributed by atoms with Crippen LogP contribution in [0.1, 0.15) is 18.9 Å². The number of halogens is 1. The van der Waals surface area contributed by atoms with Gasteiger partial charge in [-0.15, -0.1) is 24.0 Å². The van der Waals surface area contributed by atoms with Gasteiger partial charge in [-0.1, -0.05) is 19.1 Å². The average molecular weight is 440 g/mol. The molecular formula is C14H25IN4O2S. The molecule has 0 aliphatic heterocycles. The molecule has 0 bridgehead atoms. The molecule has 0 spiro atoms. The molecule has 6 nitrogen and oxygen atoms in total. The molecule has 0 unspecified atom stereocenters. The molecule has 0 radical (unpaired) electrons. The minimum absolute atomic E-state index is 0. The van der Waals surface area contributed by atoms with Crippen molar-refractivity contribution in [2.45, 2.75) is 20.3 Å². The second-order valence-corrected chi connectivity index (χ2v) is 6.85. The van der Waals surface area contributed by atoms with Gasteiger partial charge in [0.15, 0.2) is 5.96 Å². The number of anilines is 1. The highest BCUT2D eigenvalue weighted by Gasteiger charge is 2.12. The average Bonchev–Trinajstić information content (AvgIpc) is 2.37. The summed E-state index contributed by atoms with van der Waals surface area (Å²) in [6.45, 7) is 5.23. The van der Waals surface area contributed by atoms with Gasteiger partial charge in [0, 0.05) is 25.3 Å². The summed E-state index contributed by atoms with van der Waals surface area (Å²) >= 11 is 0. The summed E-state index contributed by atoms with van der Waals surface area (Å²) in [6, 6.07) is 7.84. The van der Waals surface area contributed by atoms with Crippen LogP contribution in [0.5, 0.6) is 0 Å². The summed E-state index contributed by atoms with van der Waals surface area (Å²) in [4.78, 5) is 4.20. The van der Waals surface area contributed by atoms with Crippen LogP contribution in [0.2, 0.25) is 0 Å². The summed E-state index contributed by atoms with van der Waals surface area (Å²) in [6.07, 6.45) is 1.85. The first-order chi connectivity index (χ1) is 9.82. The first-order valence-electron chi connectivity index (χ1n) is 6.91. The third-order valence-corrected chi connectivity index (χ3v) is 4.34. The lowest BCUT2D eigenvalue weighted by atomic mass is 10.2. The highest BCUT2D eigenvalue weighted by molar-refractivity contribution is 14.0. The molecule has 1 aromatic rings. The van der Waals surface area contributed by atoms with Crippen molar-refractivity contribution in [1.82, 2.24) is 4.31 Å². The first-order valence-corrected chi connectivity index (χ1v) is 8.76. The fraction of sp³-hybridized carbons (Fsp3) is 0.500. The van der Waals surface area contributed by atoms with Crippen molar-refractivity contribution in [3.63, 3.8) is 0 Å². The van der Waals surface area contributed by atoms with Gasteiger partial charge in [0.2, 0.25) is 10.0 Å². The second-order valence-electron chi connectivity index (χ2n) is 4.87. The Morgan fingerprint density at radius 1 is 1.41 bits per heavy atom. The maximum Gasteiger partial charge on any atom is 0.211 e. The van der Waals surface area contributed by atoms with Gasteiger partial charge < -0.3 is 11.1 Å². The van der Waals surface area contributed by atoms with Gasteiger partial charge in [0.1, 0.15) is 0 Å². The van der Waals surface area contributed by atoms with E-state index < -0.39 is 10.0 Å². The van der Waals surface area contributed by atoms with Crippen molar-refractivity contribution in [2.24, 2.45) is 10.7 Å². The highest BCUT2D eigenvalue weighted by Crippen LogP contribution is 2.08. The van der Waals surface area contributed by atoms with Crippen molar-refractivity contribution in [2.75, 3.05) is 31.2 Å². The molecule has 1 rings (SSSR count). The minimum Gasteiger partial charge on any atom is -0.370 e. The molecule has 8 heteroatoms. The Hall–Kier alpha value is -0.870. The third-order valence-electron chi connectivity index (χ3n) is 2.96. The van der Waals surface area contributed by atoms with E-state index in [4.69, 9.17) is 5.73 Å². The minimum atomic E-state index is -3.13. The number of nitrogens with zero attached hydrogens (tertiary/aromatic N) is 2. The van der Waals surface area contributed by atoms with Gasteiger partial charge in [-0.25, -0.2) is 12.7 Å². The van der Waals surface area contributed by atoms with Crippen LogP contribution in [-0.2, 0) is 10.0 Å². The molecule has 0 heterocycles. The van der Waals surface area contributed by atoms with Gasteiger partial charge in [0.25, 0.3) is 0 Å². The SMILES string of the molecule is CCN(CCCN=C(N)Nc1cccc(C)c1)S(C)(=O)=O.I.